The Labute approximate surface area is 282 Å². The van der Waals surface area contributed by atoms with Gasteiger partial charge < -0.3 is 19.7 Å². The fraction of sp³-hybridized carbons (Fsp3) is 0.278. The van der Waals surface area contributed by atoms with Crippen LogP contribution in [0, 0.1) is 0 Å². The van der Waals surface area contributed by atoms with Gasteiger partial charge in [0.25, 0.3) is 10.0 Å². The molecule has 0 aliphatic carbocycles. The van der Waals surface area contributed by atoms with Crippen LogP contribution in [0.1, 0.15) is 31.9 Å². The van der Waals surface area contributed by atoms with Gasteiger partial charge >= 0.3 is 0 Å². The van der Waals surface area contributed by atoms with Crippen LogP contribution in [0.2, 0.25) is 5.02 Å². The molecule has 0 aliphatic rings. The van der Waals surface area contributed by atoms with Crippen molar-refractivity contribution in [1.29, 1.82) is 0 Å². The van der Waals surface area contributed by atoms with Crippen LogP contribution < -0.4 is 19.1 Å². The minimum atomic E-state index is -4.27. The highest BCUT2D eigenvalue weighted by atomic mass is 35.5. The van der Waals surface area contributed by atoms with Crippen LogP contribution in [0.15, 0.2) is 108 Å². The van der Waals surface area contributed by atoms with E-state index in [1.165, 1.54) is 48.4 Å². The lowest BCUT2D eigenvalue weighted by Crippen LogP contribution is -2.56. The number of amides is 2. The summed E-state index contributed by atoms with van der Waals surface area (Å²) >= 11 is 6.15. The number of halogens is 1. The number of hydrogen-bond acceptors (Lipinski definition) is 6. The maximum Gasteiger partial charge on any atom is 0.264 e. The summed E-state index contributed by atoms with van der Waals surface area (Å²) in [5.74, 6) is 0.119. The van der Waals surface area contributed by atoms with Crippen LogP contribution in [0.5, 0.6) is 11.5 Å². The second kappa shape index (κ2) is 15.4. The van der Waals surface area contributed by atoms with Crippen molar-refractivity contribution in [3.63, 3.8) is 0 Å². The molecule has 0 saturated heterocycles. The second-order valence-corrected chi connectivity index (χ2v) is 14.3. The van der Waals surface area contributed by atoms with Crippen molar-refractivity contribution in [3.05, 3.63) is 119 Å². The monoisotopic (exact) mass is 677 g/mol. The minimum Gasteiger partial charge on any atom is -0.497 e. The molecule has 0 bridgehead atoms. The number of methoxy groups -OCH3 is 2. The zero-order chi connectivity index (χ0) is 34.2. The Kier molecular flexibility index (Phi) is 11.5. The van der Waals surface area contributed by atoms with Gasteiger partial charge in [0, 0.05) is 23.5 Å². The molecule has 4 aromatic rings. The lowest BCUT2D eigenvalue weighted by Gasteiger charge is -2.35. The summed E-state index contributed by atoms with van der Waals surface area (Å²) < 4.78 is 40.0. The van der Waals surface area contributed by atoms with Gasteiger partial charge in [0.15, 0.2) is 0 Å². The van der Waals surface area contributed by atoms with Crippen molar-refractivity contribution < 1.29 is 27.5 Å². The van der Waals surface area contributed by atoms with Gasteiger partial charge in [-0.3, -0.25) is 13.9 Å². The molecule has 2 amide bonds. The molecule has 0 aliphatic heterocycles. The topological polar surface area (TPSA) is 105 Å². The Morgan fingerprint density at radius 2 is 1.43 bits per heavy atom. The van der Waals surface area contributed by atoms with Gasteiger partial charge in [-0.1, -0.05) is 54.1 Å². The average Bonchev–Trinajstić information content (AvgIpc) is 3.05. The highest BCUT2D eigenvalue weighted by Crippen LogP contribution is 2.28. The van der Waals surface area contributed by atoms with E-state index in [-0.39, 0.29) is 29.5 Å². The normalized spacial score (nSPS) is 12.1. The smallest absolute Gasteiger partial charge is 0.264 e. The second-order valence-electron chi connectivity index (χ2n) is 12.0. The molecule has 0 fully saturated rings. The third kappa shape index (κ3) is 9.49. The van der Waals surface area contributed by atoms with E-state index in [2.05, 4.69) is 5.32 Å². The molecule has 0 heterocycles. The van der Waals surface area contributed by atoms with E-state index >= 15 is 0 Å². The van der Waals surface area contributed by atoms with Crippen molar-refractivity contribution in [2.24, 2.45) is 0 Å². The molecule has 47 heavy (non-hydrogen) atoms. The first-order chi connectivity index (χ1) is 22.3. The summed E-state index contributed by atoms with van der Waals surface area (Å²) in [5, 5.41) is 3.43. The van der Waals surface area contributed by atoms with Crippen molar-refractivity contribution in [2.75, 3.05) is 25.1 Å². The zero-order valence-electron chi connectivity index (χ0n) is 27.1. The third-order valence-corrected chi connectivity index (χ3v) is 9.34. The van der Waals surface area contributed by atoms with Gasteiger partial charge in [0.05, 0.1) is 24.8 Å². The highest BCUT2D eigenvalue weighted by Gasteiger charge is 2.35. The summed E-state index contributed by atoms with van der Waals surface area (Å²) in [4.78, 5) is 30.0. The van der Waals surface area contributed by atoms with E-state index in [1.54, 1.807) is 37.4 Å². The van der Waals surface area contributed by atoms with E-state index in [9.17, 15) is 18.0 Å². The third-order valence-electron chi connectivity index (χ3n) is 7.30. The molecule has 0 spiro atoms. The molecule has 0 unspecified atom stereocenters. The summed E-state index contributed by atoms with van der Waals surface area (Å²) in [5.41, 5.74) is 1.18. The minimum absolute atomic E-state index is 0.0160. The van der Waals surface area contributed by atoms with Crippen molar-refractivity contribution in [1.82, 2.24) is 10.2 Å². The number of rotatable bonds is 13. The summed E-state index contributed by atoms with van der Waals surface area (Å²) in [7, 11) is -1.24. The fourth-order valence-corrected chi connectivity index (χ4v) is 6.53. The molecule has 4 rings (SSSR count). The van der Waals surface area contributed by atoms with Gasteiger partial charge in [-0.25, -0.2) is 8.42 Å². The highest BCUT2D eigenvalue weighted by molar-refractivity contribution is 7.92. The van der Waals surface area contributed by atoms with Crippen LogP contribution in [0.3, 0.4) is 0 Å². The van der Waals surface area contributed by atoms with Gasteiger partial charge in [-0.15, -0.1) is 0 Å². The van der Waals surface area contributed by atoms with Crippen LogP contribution in [-0.4, -0.2) is 57.5 Å². The Bertz CT molecular complexity index is 1760. The number of nitrogens with zero attached hydrogens (tertiary/aromatic N) is 2. The molecule has 0 radical (unpaired) electrons. The molecule has 0 saturated carbocycles. The first-order valence-electron chi connectivity index (χ1n) is 15.0. The predicted octanol–water partition coefficient (Wildman–Crippen LogP) is 6.11. The number of hydrogen-bond donors (Lipinski definition) is 1. The number of carbonyl (C=O) groups excluding carboxylic acids is 2. The predicted molar refractivity (Wildman–Crippen MR) is 184 cm³/mol. The molecular weight excluding hydrogens is 638 g/mol. The number of carbonyl (C=O) groups is 2. The number of benzene rings is 4. The van der Waals surface area contributed by atoms with Crippen LogP contribution in [0.4, 0.5) is 5.69 Å². The largest absolute Gasteiger partial charge is 0.497 e. The first kappa shape index (κ1) is 35.3. The maximum absolute atomic E-state index is 14.6. The van der Waals surface area contributed by atoms with Gasteiger partial charge in [0.1, 0.15) is 24.1 Å². The van der Waals surface area contributed by atoms with Gasteiger partial charge in [-0.05, 0) is 92.6 Å². The van der Waals surface area contributed by atoms with Crippen LogP contribution in [0.25, 0.3) is 0 Å². The fourth-order valence-electron chi connectivity index (χ4n) is 4.99. The van der Waals surface area contributed by atoms with Crippen LogP contribution in [-0.2, 0) is 32.6 Å². The molecule has 248 valence electrons. The number of nitrogens with one attached hydrogen (secondary N) is 1. The van der Waals surface area contributed by atoms with E-state index in [0.29, 0.717) is 22.1 Å². The molecule has 1 atom stereocenters. The van der Waals surface area contributed by atoms with Gasteiger partial charge in [0.2, 0.25) is 11.8 Å². The summed E-state index contributed by atoms with van der Waals surface area (Å²) in [6.45, 7) is 5.02. The standard InChI is InChI=1S/C36H40ClN3O6S/c1-36(2,3)38-35(42)33(23-26-10-7-6-8-11-26)39(24-27-12-9-13-31(22-27)46-5)34(41)25-40(29-16-14-28(37)15-17-29)47(43,44)32-20-18-30(45-4)19-21-32/h6-22,33H,23-25H2,1-5H3,(H,38,42)/t33-/m1/s1. The lowest BCUT2D eigenvalue weighted by molar-refractivity contribution is -0.140. The van der Waals surface area contributed by atoms with Crippen LogP contribution >= 0.6 is 11.6 Å². The maximum atomic E-state index is 14.6. The van der Waals surface area contributed by atoms with E-state index in [1.807, 2.05) is 57.2 Å². The van der Waals surface area contributed by atoms with E-state index < -0.39 is 34.1 Å². The van der Waals surface area contributed by atoms with Crippen molar-refractivity contribution in [2.45, 2.75) is 50.2 Å². The molecule has 11 heteroatoms. The Morgan fingerprint density at radius 3 is 2.02 bits per heavy atom. The zero-order valence-corrected chi connectivity index (χ0v) is 28.7. The first-order valence-corrected chi connectivity index (χ1v) is 16.8. The molecule has 0 aromatic heterocycles. The Hall–Kier alpha value is -4.54. The average molecular weight is 678 g/mol. The number of ether oxygens (including phenoxy) is 2. The number of anilines is 1. The lowest BCUT2D eigenvalue weighted by atomic mass is 10.0. The quantitative estimate of drug-likeness (QED) is 0.183. The molecular formula is C36H40ClN3O6S. The Balaban J connectivity index is 1.82. The van der Waals surface area contributed by atoms with Crippen molar-refractivity contribution >= 4 is 39.1 Å². The van der Waals surface area contributed by atoms with E-state index in [4.69, 9.17) is 21.1 Å². The summed E-state index contributed by atoms with van der Waals surface area (Å²) in [6.07, 6.45) is 0.199. The van der Waals surface area contributed by atoms with Crippen molar-refractivity contribution in [3.8, 4) is 11.5 Å². The SMILES string of the molecule is COc1ccc(S(=O)(=O)N(CC(=O)N(Cc2cccc(OC)c2)[C@H](Cc2ccccc2)C(=O)NC(C)(C)C)c2ccc(Cl)cc2)cc1. The molecule has 1 N–H and O–H groups in total. The molecule has 4 aromatic carbocycles. The van der Waals surface area contributed by atoms with Gasteiger partial charge in [-0.2, -0.15) is 0 Å². The van der Waals surface area contributed by atoms with E-state index in [0.717, 1.165) is 9.87 Å². The Morgan fingerprint density at radius 1 is 0.809 bits per heavy atom. The molecule has 9 nitrogen and oxygen atoms in total. The summed E-state index contributed by atoms with van der Waals surface area (Å²) in [6, 6.07) is 27.7. The number of sulfonamides is 1.